The number of fused-ring (bicyclic) bond motifs is 1. The summed E-state index contributed by atoms with van der Waals surface area (Å²) in [4.78, 5) is 21.6. The number of hydrogen-bond acceptors (Lipinski definition) is 3. The zero-order valence-corrected chi connectivity index (χ0v) is 18.5. The molecule has 1 amide bonds. The van der Waals surface area contributed by atoms with E-state index in [1.165, 1.54) is 16.5 Å². The zero-order chi connectivity index (χ0) is 21.3. The fraction of sp³-hybridized carbons (Fsp3) is 0.250. The van der Waals surface area contributed by atoms with Crippen LogP contribution >= 0.6 is 23.2 Å². The smallest absolute Gasteiger partial charge is 0.246 e. The molecule has 0 aliphatic carbocycles. The summed E-state index contributed by atoms with van der Waals surface area (Å²) in [5, 5.41) is 2.18. The monoisotopic (exact) mass is 439 g/mol. The van der Waals surface area contributed by atoms with Crippen LogP contribution < -0.4 is 4.90 Å². The summed E-state index contributed by atoms with van der Waals surface area (Å²) in [7, 11) is 0. The van der Waals surface area contributed by atoms with Gasteiger partial charge in [-0.05, 0) is 54.8 Å². The van der Waals surface area contributed by atoms with Gasteiger partial charge in [-0.15, -0.1) is 0 Å². The van der Waals surface area contributed by atoms with Gasteiger partial charge < -0.3 is 9.80 Å². The Labute approximate surface area is 186 Å². The van der Waals surface area contributed by atoms with Crippen molar-refractivity contribution in [1.82, 2.24) is 9.88 Å². The second kappa shape index (κ2) is 8.66. The summed E-state index contributed by atoms with van der Waals surface area (Å²) in [6.07, 6.45) is 3.37. The van der Waals surface area contributed by atoms with Gasteiger partial charge in [-0.3, -0.25) is 4.79 Å². The number of pyridine rings is 1. The topological polar surface area (TPSA) is 36.4 Å². The third-order valence-electron chi connectivity index (χ3n) is 5.51. The van der Waals surface area contributed by atoms with Gasteiger partial charge in [0.25, 0.3) is 0 Å². The van der Waals surface area contributed by atoms with Gasteiger partial charge in [-0.1, -0.05) is 47.5 Å². The van der Waals surface area contributed by atoms with Gasteiger partial charge in [0.2, 0.25) is 5.91 Å². The SMILES string of the molecule is Cc1cc(N2CCN(C(=O)/C=C/c3ccc(Cl)c(Cl)c3)CC2)nc2c(C)cccc12. The minimum absolute atomic E-state index is 0.000724. The van der Waals surface area contributed by atoms with Crippen molar-refractivity contribution in [2.75, 3.05) is 31.1 Å². The van der Waals surface area contributed by atoms with Crippen LogP contribution in [0.3, 0.4) is 0 Å². The fourth-order valence-electron chi connectivity index (χ4n) is 3.75. The molecule has 2 aromatic carbocycles. The minimum Gasteiger partial charge on any atom is -0.353 e. The van der Waals surface area contributed by atoms with Crippen LogP contribution in [0.4, 0.5) is 5.82 Å². The highest BCUT2D eigenvalue weighted by Crippen LogP contribution is 2.26. The van der Waals surface area contributed by atoms with Crippen LogP contribution in [0, 0.1) is 13.8 Å². The number of piperazine rings is 1. The molecular weight excluding hydrogens is 417 g/mol. The summed E-state index contributed by atoms with van der Waals surface area (Å²) in [5.41, 5.74) is 4.30. The summed E-state index contributed by atoms with van der Waals surface area (Å²) < 4.78 is 0. The lowest BCUT2D eigenvalue weighted by Crippen LogP contribution is -2.48. The first-order valence-electron chi connectivity index (χ1n) is 9.96. The van der Waals surface area contributed by atoms with E-state index in [1.54, 1.807) is 24.3 Å². The number of para-hydroxylation sites is 1. The molecule has 1 aromatic heterocycles. The predicted octanol–water partition coefficient (Wildman–Crippen LogP) is 5.52. The van der Waals surface area contributed by atoms with Gasteiger partial charge in [0.15, 0.2) is 0 Å². The van der Waals surface area contributed by atoms with Crippen molar-refractivity contribution in [2.24, 2.45) is 0 Å². The lowest BCUT2D eigenvalue weighted by molar-refractivity contribution is -0.126. The van der Waals surface area contributed by atoms with Gasteiger partial charge in [0, 0.05) is 37.6 Å². The number of aryl methyl sites for hydroxylation is 2. The Bertz CT molecular complexity index is 1130. The molecule has 1 saturated heterocycles. The van der Waals surface area contributed by atoms with Crippen molar-refractivity contribution >= 4 is 51.9 Å². The highest BCUT2D eigenvalue weighted by atomic mass is 35.5. The molecule has 0 atom stereocenters. The number of hydrogen-bond donors (Lipinski definition) is 0. The van der Waals surface area contributed by atoms with Gasteiger partial charge in [-0.25, -0.2) is 4.98 Å². The Morgan fingerprint density at radius 2 is 1.73 bits per heavy atom. The van der Waals surface area contributed by atoms with Gasteiger partial charge in [0.1, 0.15) is 5.82 Å². The molecule has 4 rings (SSSR count). The fourth-order valence-corrected chi connectivity index (χ4v) is 4.06. The third-order valence-corrected chi connectivity index (χ3v) is 6.25. The number of aromatic nitrogens is 1. The zero-order valence-electron chi connectivity index (χ0n) is 17.0. The Kier molecular flexibility index (Phi) is 5.98. The Morgan fingerprint density at radius 3 is 2.47 bits per heavy atom. The normalized spacial score (nSPS) is 14.7. The number of nitrogens with zero attached hydrogens (tertiary/aromatic N) is 3. The molecule has 154 valence electrons. The van der Waals surface area contributed by atoms with E-state index in [1.807, 2.05) is 11.0 Å². The molecule has 0 unspecified atom stereocenters. The molecule has 1 aliphatic rings. The van der Waals surface area contributed by atoms with Crippen molar-refractivity contribution in [1.29, 1.82) is 0 Å². The van der Waals surface area contributed by atoms with Crippen molar-refractivity contribution in [3.8, 4) is 0 Å². The summed E-state index contributed by atoms with van der Waals surface area (Å²) in [5.74, 6) is 0.979. The van der Waals surface area contributed by atoms with Crippen molar-refractivity contribution in [2.45, 2.75) is 13.8 Å². The van der Waals surface area contributed by atoms with Crippen LogP contribution in [-0.2, 0) is 4.79 Å². The molecule has 0 spiro atoms. The van der Waals surface area contributed by atoms with Crippen molar-refractivity contribution < 1.29 is 4.79 Å². The van der Waals surface area contributed by atoms with Crippen LogP contribution in [-0.4, -0.2) is 42.0 Å². The molecule has 0 N–H and O–H groups in total. The maximum atomic E-state index is 12.6. The van der Waals surface area contributed by atoms with Crippen LogP contribution in [0.5, 0.6) is 0 Å². The van der Waals surface area contributed by atoms with E-state index in [4.69, 9.17) is 28.2 Å². The molecule has 2 heterocycles. The number of halogens is 2. The van der Waals surface area contributed by atoms with E-state index in [2.05, 4.69) is 43.0 Å². The van der Waals surface area contributed by atoms with Crippen LogP contribution in [0.15, 0.2) is 48.5 Å². The highest BCUT2D eigenvalue weighted by molar-refractivity contribution is 6.42. The molecule has 0 saturated carbocycles. The second-order valence-electron chi connectivity index (χ2n) is 7.59. The maximum Gasteiger partial charge on any atom is 0.246 e. The molecule has 6 heteroatoms. The van der Waals surface area contributed by atoms with Gasteiger partial charge >= 0.3 is 0 Å². The first kappa shape index (κ1) is 20.7. The van der Waals surface area contributed by atoms with E-state index in [0.29, 0.717) is 23.1 Å². The average molecular weight is 440 g/mol. The molecule has 0 bridgehead atoms. The maximum absolute atomic E-state index is 12.6. The number of carbonyl (C=O) groups is 1. The number of amides is 1. The largest absolute Gasteiger partial charge is 0.353 e. The van der Waals surface area contributed by atoms with E-state index in [9.17, 15) is 4.79 Å². The summed E-state index contributed by atoms with van der Waals surface area (Å²) >= 11 is 12.0. The van der Waals surface area contributed by atoms with Gasteiger partial charge in [0.05, 0.1) is 15.6 Å². The second-order valence-corrected chi connectivity index (χ2v) is 8.40. The molecule has 30 heavy (non-hydrogen) atoms. The molecular formula is C24H23Cl2N3O. The van der Waals surface area contributed by atoms with Crippen molar-refractivity contribution in [3.05, 3.63) is 75.3 Å². The first-order chi connectivity index (χ1) is 14.4. The molecule has 4 nitrogen and oxygen atoms in total. The number of rotatable bonds is 3. The van der Waals surface area contributed by atoms with Crippen LogP contribution in [0.1, 0.15) is 16.7 Å². The third kappa shape index (κ3) is 4.30. The summed E-state index contributed by atoms with van der Waals surface area (Å²) in [6.45, 7) is 7.07. The highest BCUT2D eigenvalue weighted by Gasteiger charge is 2.21. The van der Waals surface area contributed by atoms with Crippen LogP contribution in [0.2, 0.25) is 10.0 Å². The molecule has 1 fully saturated rings. The Hall–Kier alpha value is -2.56. The number of carbonyl (C=O) groups excluding carboxylic acids is 1. The van der Waals surface area contributed by atoms with E-state index >= 15 is 0 Å². The standard InChI is InChI=1S/C24H23Cl2N3O/c1-16-4-3-5-19-17(2)14-22(27-24(16)19)28-10-12-29(13-11-28)23(30)9-7-18-6-8-20(25)21(26)15-18/h3-9,14-15H,10-13H2,1-2H3/b9-7+. The lowest BCUT2D eigenvalue weighted by atomic mass is 10.1. The van der Waals surface area contributed by atoms with Crippen molar-refractivity contribution in [3.63, 3.8) is 0 Å². The molecule has 1 aliphatic heterocycles. The quantitative estimate of drug-likeness (QED) is 0.504. The molecule has 3 aromatic rings. The predicted molar refractivity (Wildman–Crippen MR) is 126 cm³/mol. The number of anilines is 1. The first-order valence-corrected chi connectivity index (χ1v) is 10.7. The Balaban J connectivity index is 1.43. The van der Waals surface area contributed by atoms with E-state index in [-0.39, 0.29) is 5.91 Å². The number of benzene rings is 2. The van der Waals surface area contributed by atoms with Crippen LogP contribution in [0.25, 0.3) is 17.0 Å². The van der Waals surface area contributed by atoms with E-state index in [0.717, 1.165) is 30.0 Å². The van der Waals surface area contributed by atoms with E-state index < -0.39 is 0 Å². The lowest BCUT2D eigenvalue weighted by Gasteiger charge is -2.35. The average Bonchev–Trinajstić information content (AvgIpc) is 2.75. The van der Waals surface area contributed by atoms with Gasteiger partial charge in [-0.2, -0.15) is 0 Å². The molecule has 0 radical (unpaired) electrons. The summed E-state index contributed by atoms with van der Waals surface area (Å²) in [6, 6.07) is 13.7. The minimum atomic E-state index is -0.000724. The Morgan fingerprint density at radius 1 is 0.967 bits per heavy atom.